The number of hydrogen-bond donors (Lipinski definition) is 2. The number of ether oxygens (including phenoxy) is 1. The molecular formula is C11H14BrNO5S. The normalized spacial score (nSPS) is 11.5. The number of halogens is 1. The second-order valence-electron chi connectivity index (χ2n) is 3.55. The molecule has 8 heteroatoms. The summed E-state index contributed by atoms with van der Waals surface area (Å²) in [5.74, 6) is -1.18. The Balaban J connectivity index is 2.94. The molecule has 1 aromatic rings. The van der Waals surface area contributed by atoms with Crippen molar-refractivity contribution >= 4 is 31.9 Å². The maximum Gasteiger partial charge on any atom is 0.335 e. The van der Waals surface area contributed by atoms with E-state index in [9.17, 15) is 13.2 Å². The van der Waals surface area contributed by atoms with Crippen LogP contribution in [-0.4, -0.2) is 39.3 Å². The molecule has 1 rings (SSSR count). The summed E-state index contributed by atoms with van der Waals surface area (Å²) in [6.45, 7) is 2.69. The topological polar surface area (TPSA) is 92.7 Å². The van der Waals surface area contributed by atoms with Gasteiger partial charge in [0.05, 0.1) is 17.1 Å². The van der Waals surface area contributed by atoms with Crippen LogP contribution in [0.5, 0.6) is 0 Å². The van der Waals surface area contributed by atoms with Crippen LogP contribution in [0.1, 0.15) is 17.3 Å². The second kappa shape index (κ2) is 6.99. The van der Waals surface area contributed by atoms with Crippen molar-refractivity contribution in [2.24, 2.45) is 0 Å². The first kappa shape index (κ1) is 16.1. The number of sulfonamides is 1. The molecule has 0 amide bonds. The van der Waals surface area contributed by atoms with E-state index in [4.69, 9.17) is 9.84 Å². The van der Waals surface area contributed by atoms with E-state index in [1.807, 2.05) is 0 Å². The first-order chi connectivity index (χ1) is 8.88. The minimum atomic E-state index is -3.77. The van der Waals surface area contributed by atoms with Crippen molar-refractivity contribution in [3.63, 3.8) is 0 Å². The molecule has 1 aromatic carbocycles. The van der Waals surface area contributed by atoms with Crippen LogP contribution in [0.2, 0.25) is 0 Å². The minimum Gasteiger partial charge on any atom is -0.478 e. The minimum absolute atomic E-state index is 0.0895. The van der Waals surface area contributed by atoms with Crippen LogP contribution in [0.25, 0.3) is 0 Å². The molecule has 0 saturated carbocycles. The lowest BCUT2D eigenvalue weighted by molar-refractivity contribution is 0.0696. The number of nitrogens with one attached hydrogen (secondary N) is 1. The van der Waals surface area contributed by atoms with Crippen molar-refractivity contribution in [3.05, 3.63) is 28.2 Å². The van der Waals surface area contributed by atoms with Crippen molar-refractivity contribution in [2.75, 3.05) is 19.8 Å². The molecule has 106 valence electrons. The van der Waals surface area contributed by atoms with Gasteiger partial charge in [0.25, 0.3) is 0 Å². The smallest absolute Gasteiger partial charge is 0.335 e. The highest BCUT2D eigenvalue weighted by atomic mass is 79.9. The van der Waals surface area contributed by atoms with Crippen LogP contribution in [0, 0.1) is 0 Å². The van der Waals surface area contributed by atoms with E-state index >= 15 is 0 Å². The third kappa shape index (κ3) is 4.57. The summed E-state index contributed by atoms with van der Waals surface area (Å²) in [6.07, 6.45) is 0. The fourth-order valence-electron chi connectivity index (χ4n) is 1.31. The number of carboxylic acids is 1. The molecule has 0 unspecified atom stereocenters. The molecule has 0 heterocycles. The quantitative estimate of drug-likeness (QED) is 0.725. The van der Waals surface area contributed by atoms with Crippen molar-refractivity contribution in [1.82, 2.24) is 4.72 Å². The summed E-state index contributed by atoms with van der Waals surface area (Å²) >= 11 is 3.09. The molecule has 19 heavy (non-hydrogen) atoms. The summed E-state index contributed by atoms with van der Waals surface area (Å²) in [6, 6.07) is 3.82. The Labute approximate surface area is 120 Å². The van der Waals surface area contributed by atoms with Crippen LogP contribution in [0.15, 0.2) is 27.6 Å². The fourth-order valence-corrected chi connectivity index (χ4v) is 3.31. The van der Waals surface area contributed by atoms with E-state index in [2.05, 4.69) is 20.7 Å². The van der Waals surface area contributed by atoms with Crippen LogP contribution in [-0.2, 0) is 14.8 Å². The van der Waals surface area contributed by atoms with E-state index in [-0.39, 0.29) is 23.6 Å². The lowest BCUT2D eigenvalue weighted by Gasteiger charge is -2.09. The summed E-state index contributed by atoms with van der Waals surface area (Å²) < 4.78 is 31.7. The maximum atomic E-state index is 12.0. The molecule has 2 N–H and O–H groups in total. The van der Waals surface area contributed by atoms with Crippen molar-refractivity contribution in [1.29, 1.82) is 0 Å². The summed E-state index contributed by atoms with van der Waals surface area (Å²) in [7, 11) is -3.77. The molecule has 6 nitrogen and oxygen atoms in total. The third-order valence-corrected chi connectivity index (χ3v) is 4.67. The van der Waals surface area contributed by atoms with Crippen LogP contribution in [0.4, 0.5) is 0 Å². The van der Waals surface area contributed by atoms with Gasteiger partial charge in [0, 0.05) is 17.6 Å². The molecule has 0 bridgehead atoms. The van der Waals surface area contributed by atoms with Crippen LogP contribution < -0.4 is 4.72 Å². The van der Waals surface area contributed by atoms with E-state index in [1.54, 1.807) is 6.92 Å². The van der Waals surface area contributed by atoms with Crippen molar-refractivity contribution in [2.45, 2.75) is 11.8 Å². The Bertz CT molecular complexity index is 558. The molecule has 0 aliphatic rings. The molecule has 0 aromatic heterocycles. The van der Waals surface area contributed by atoms with Gasteiger partial charge in [-0.05, 0) is 41.1 Å². The van der Waals surface area contributed by atoms with Gasteiger partial charge in [-0.2, -0.15) is 0 Å². The Morgan fingerprint density at radius 3 is 2.74 bits per heavy atom. The summed E-state index contributed by atoms with van der Waals surface area (Å²) in [4.78, 5) is 10.7. The first-order valence-corrected chi connectivity index (χ1v) is 7.76. The second-order valence-corrected chi connectivity index (χ2v) is 6.13. The van der Waals surface area contributed by atoms with Gasteiger partial charge in [0.1, 0.15) is 0 Å². The highest BCUT2D eigenvalue weighted by molar-refractivity contribution is 9.10. The Morgan fingerprint density at radius 1 is 1.47 bits per heavy atom. The molecule has 0 atom stereocenters. The zero-order valence-electron chi connectivity index (χ0n) is 10.2. The monoisotopic (exact) mass is 351 g/mol. The number of carboxylic acid groups (broad SMARTS) is 1. The van der Waals surface area contributed by atoms with Crippen LogP contribution >= 0.6 is 15.9 Å². The summed E-state index contributed by atoms with van der Waals surface area (Å²) in [5.41, 5.74) is -0.0895. The molecule has 0 spiro atoms. The van der Waals surface area contributed by atoms with Gasteiger partial charge in [-0.25, -0.2) is 17.9 Å². The Morgan fingerprint density at radius 2 is 2.16 bits per heavy atom. The van der Waals surface area contributed by atoms with Gasteiger partial charge in [-0.1, -0.05) is 0 Å². The average Bonchev–Trinajstić information content (AvgIpc) is 2.34. The standard InChI is InChI=1S/C11H14BrNO5S/c1-2-18-6-5-13-19(16,17)10-7-8(11(14)15)3-4-9(10)12/h3-4,7,13H,2,5-6H2,1H3,(H,14,15). The number of carbonyl (C=O) groups is 1. The lowest BCUT2D eigenvalue weighted by Crippen LogP contribution is -2.28. The third-order valence-electron chi connectivity index (χ3n) is 2.21. The zero-order valence-corrected chi connectivity index (χ0v) is 12.6. The predicted octanol–water partition coefficient (Wildman–Crippen LogP) is 1.46. The largest absolute Gasteiger partial charge is 0.478 e. The molecule has 0 aliphatic carbocycles. The van der Waals surface area contributed by atoms with E-state index in [1.165, 1.54) is 12.1 Å². The number of aromatic carboxylic acids is 1. The SMILES string of the molecule is CCOCCNS(=O)(=O)c1cc(C(=O)O)ccc1Br. The average molecular weight is 352 g/mol. The van der Waals surface area contributed by atoms with E-state index in [0.717, 1.165) is 6.07 Å². The fraction of sp³-hybridized carbons (Fsp3) is 0.364. The van der Waals surface area contributed by atoms with Gasteiger partial charge in [-0.15, -0.1) is 0 Å². The maximum absolute atomic E-state index is 12.0. The highest BCUT2D eigenvalue weighted by Crippen LogP contribution is 2.23. The molecule has 0 aliphatic heterocycles. The summed E-state index contributed by atoms with van der Waals surface area (Å²) in [5, 5.41) is 8.86. The number of hydrogen-bond acceptors (Lipinski definition) is 4. The number of rotatable bonds is 7. The van der Waals surface area contributed by atoms with Gasteiger partial charge >= 0.3 is 5.97 Å². The molecule has 0 radical (unpaired) electrons. The molecule has 0 fully saturated rings. The van der Waals surface area contributed by atoms with E-state index < -0.39 is 16.0 Å². The zero-order chi connectivity index (χ0) is 14.5. The molecular weight excluding hydrogens is 338 g/mol. The lowest BCUT2D eigenvalue weighted by atomic mass is 10.2. The van der Waals surface area contributed by atoms with E-state index in [0.29, 0.717) is 11.1 Å². The first-order valence-electron chi connectivity index (χ1n) is 5.48. The molecule has 0 saturated heterocycles. The van der Waals surface area contributed by atoms with Crippen LogP contribution in [0.3, 0.4) is 0 Å². The number of benzene rings is 1. The van der Waals surface area contributed by atoms with Gasteiger partial charge in [0.2, 0.25) is 10.0 Å². The van der Waals surface area contributed by atoms with Crippen molar-refractivity contribution in [3.8, 4) is 0 Å². The van der Waals surface area contributed by atoms with Gasteiger partial charge < -0.3 is 9.84 Å². The van der Waals surface area contributed by atoms with Crippen molar-refractivity contribution < 1.29 is 23.1 Å². The Kier molecular flexibility index (Phi) is 5.92. The van der Waals surface area contributed by atoms with Gasteiger partial charge in [0.15, 0.2) is 0 Å². The highest BCUT2D eigenvalue weighted by Gasteiger charge is 2.19. The predicted molar refractivity (Wildman–Crippen MR) is 72.8 cm³/mol. The van der Waals surface area contributed by atoms with Gasteiger partial charge in [-0.3, -0.25) is 0 Å². The Hall–Kier alpha value is -0.960.